The highest BCUT2D eigenvalue weighted by Gasteiger charge is 2.09. The fraction of sp³-hybridized carbons (Fsp3) is 0.462. The molecule has 0 fully saturated rings. The first-order chi connectivity index (χ1) is 7.54. The summed E-state index contributed by atoms with van der Waals surface area (Å²) in [7, 11) is 0. The first kappa shape index (κ1) is 12.6. The number of anilines is 1. The molecular weight excluding hydrogens is 200 g/mol. The molecule has 0 saturated carbocycles. The van der Waals surface area contributed by atoms with Gasteiger partial charge in [0, 0.05) is 17.8 Å². The lowest BCUT2D eigenvalue weighted by atomic mass is 10.1. The van der Waals surface area contributed by atoms with Gasteiger partial charge in [-0.15, -0.1) is 0 Å². The Hall–Kier alpha value is -1.51. The Balaban J connectivity index is 2.66. The van der Waals surface area contributed by atoms with Gasteiger partial charge in [-0.25, -0.2) is 0 Å². The molecule has 1 atom stereocenters. The van der Waals surface area contributed by atoms with Gasteiger partial charge in [0.25, 0.3) is 5.91 Å². The smallest absolute Gasteiger partial charge is 0.251 e. The number of rotatable bonds is 4. The predicted octanol–water partition coefficient (Wildman–Crippen LogP) is 2.35. The summed E-state index contributed by atoms with van der Waals surface area (Å²) in [5.74, 6) is 0.496. The van der Waals surface area contributed by atoms with Crippen LogP contribution < -0.4 is 11.1 Å². The zero-order chi connectivity index (χ0) is 12.1. The monoisotopic (exact) mass is 220 g/mol. The summed E-state index contributed by atoms with van der Waals surface area (Å²) in [4.78, 5) is 11.8. The molecule has 88 valence electrons. The van der Waals surface area contributed by atoms with Crippen LogP contribution >= 0.6 is 0 Å². The zero-order valence-electron chi connectivity index (χ0n) is 10.2. The first-order valence-electron chi connectivity index (χ1n) is 5.69. The van der Waals surface area contributed by atoms with Crippen molar-refractivity contribution in [2.24, 2.45) is 5.92 Å². The van der Waals surface area contributed by atoms with E-state index in [-0.39, 0.29) is 5.91 Å². The molecule has 3 N–H and O–H groups in total. The number of nitrogen functional groups attached to an aromatic ring is 1. The number of hydrogen-bond acceptors (Lipinski definition) is 2. The Morgan fingerprint density at radius 3 is 2.75 bits per heavy atom. The maximum atomic E-state index is 11.8. The summed E-state index contributed by atoms with van der Waals surface area (Å²) in [6.45, 7) is 6.86. The fourth-order valence-electron chi connectivity index (χ4n) is 1.45. The summed E-state index contributed by atoms with van der Waals surface area (Å²) in [6.07, 6.45) is 1.07. The average Bonchev–Trinajstić information content (AvgIpc) is 2.25. The largest absolute Gasteiger partial charge is 0.399 e. The van der Waals surface area contributed by atoms with Gasteiger partial charge in [0.15, 0.2) is 0 Å². The molecule has 1 aromatic carbocycles. The number of hydrogen-bond donors (Lipinski definition) is 2. The molecule has 0 aliphatic carbocycles. The van der Waals surface area contributed by atoms with E-state index in [1.807, 2.05) is 13.0 Å². The average molecular weight is 220 g/mol. The number of nitrogens with one attached hydrogen (secondary N) is 1. The number of carbonyl (C=O) groups excluding carboxylic acids is 1. The summed E-state index contributed by atoms with van der Waals surface area (Å²) in [5, 5.41) is 2.93. The van der Waals surface area contributed by atoms with E-state index in [1.54, 1.807) is 12.1 Å². The minimum Gasteiger partial charge on any atom is -0.399 e. The Morgan fingerprint density at radius 2 is 2.19 bits per heavy atom. The van der Waals surface area contributed by atoms with Crippen molar-refractivity contribution in [2.45, 2.75) is 27.2 Å². The van der Waals surface area contributed by atoms with Gasteiger partial charge in [-0.05, 0) is 36.6 Å². The summed E-state index contributed by atoms with van der Waals surface area (Å²) in [5.41, 5.74) is 7.95. The topological polar surface area (TPSA) is 55.1 Å². The van der Waals surface area contributed by atoms with E-state index >= 15 is 0 Å². The Labute approximate surface area is 97.0 Å². The van der Waals surface area contributed by atoms with Crippen LogP contribution in [-0.2, 0) is 0 Å². The molecule has 0 aromatic heterocycles. The highest BCUT2D eigenvalue weighted by atomic mass is 16.1. The van der Waals surface area contributed by atoms with Gasteiger partial charge in [-0.2, -0.15) is 0 Å². The van der Waals surface area contributed by atoms with Crippen LogP contribution in [0.5, 0.6) is 0 Å². The lowest BCUT2D eigenvalue weighted by Crippen LogP contribution is -2.28. The number of nitrogens with two attached hydrogens (primary N) is 1. The highest BCUT2D eigenvalue weighted by molar-refractivity contribution is 5.95. The van der Waals surface area contributed by atoms with Crippen molar-refractivity contribution in [1.82, 2.24) is 5.32 Å². The van der Waals surface area contributed by atoms with Gasteiger partial charge in [-0.1, -0.05) is 20.3 Å². The van der Waals surface area contributed by atoms with E-state index in [4.69, 9.17) is 5.73 Å². The number of carbonyl (C=O) groups is 1. The SMILES string of the molecule is CCC(C)CNC(=O)c1ccc(N)cc1C. The molecule has 1 aromatic rings. The van der Waals surface area contributed by atoms with Gasteiger partial charge in [0.1, 0.15) is 0 Å². The third-order valence-corrected chi connectivity index (χ3v) is 2.80. The van der Waals surface area contributed by atoms with E-state index < -0.39 is 0 Å². The quantitative estimate of drug-likeness (QED) is 0.765. The molecule has 3 nitrogen and oxygen atoms in total. The van der Waals surface area contributed by atoms with Crippen molar-refractivity contribution in [2.75, 3.05) is 12.3 Å². The number of aryl methyl sites for hydroxylation is 1. The van der Waals surface area contributed by atoms with Gasteiger partial charge < -0.3 is 11.1 Å². The normalized spacial score (nSPS) is 12.2. The van der Waals surface area contributed by atoms with Crippen molar-refractivity contribution in [1.29, 1.82) is 0 Å². The maximum absolute atomic E-state index is 11.8. The molecule has 1 rings (SSSR count). The second-order valence-electron chi connectivity index (χ2n) is 4.30. The van der Waals surface area contributed by atoms with E-state index in [2.05, 4.69) is 19.2 Å². The molecule has 1 amide bonds. The van der Waals surface area contributed by atoms with Crippen LogP contribution in [0, 0.1) is 12.8 Å². The minimum atomic E-state index is -0.0159. The second kappa shape index (κ2) is 5.54. The van der Waals surface area contributed by atoms with Crippen molar-refractivity contribution in [3.8, 4) is 0 Å². The first-order valence-corrected chi connectivity index (χ1v) is 5.69. The Morgan fingerprint density at radius 1 is 1.50 bits per heavy atom. The molecule has 0 saturated heterocycles. The van der Waals surface area contributed by atoms with Crippen LogP contribution in [0.15, 0.2) is 18.2 Å². The summed E-state index contributed by atoms with van der Waals surface area (Å²) >= 11 is 0. The minimum absolute atomic E-state index is 0.0159. The molecule has 0 radical (unpaired) electrons. The Kier molecular flexibility index (Phi) is 4.35. The van der Waals surface area contributed by atoms with E-state index in [0.29, 0.717) is 17.2 Å². The number of amides is 1. The molecule has 0 aliphatic heterocycles. The number of benzene rings is 1. The standard InChI is InChI=1S/C13H20N2O/c1-4-9(2)8-15-13(16)12-6-5-11(14)7-10(12)3/h5-7,9H,4,8,14H2,1-3H3,(H,15,16). The summed E-state index contributed by atoms with van der Waals surface area (Å²) in [6, 6.07) is 5.35. The van der Waals surface area contributed by atoms with Crippen molar-refractivity contribution < 1.29 is 4.79 Å². The molecule has 0 spiro atoms. The van der Waals surface area contributed by atoms with Gasteiger partial charge in [-0.3, -0.25) is 4.79 Å². The van der Waals surface area contributed by atoms with Crippen LogP contribution in [0.2, 0.25) is 0 Å². The van der Waals surface area contributed by atoms with Gasteiger partial charge in [0.2, 0.25) is 0 Å². The van der Waals surface area contributed by atoms with Crippen LogP contribution in [0.3, 0.4) is 0 Å². The van der Waals surface area contributed by atoms with Crippen LogP contribution in [0.1, 0.15) is 36.2 Å². The molecule has 16 heavy (non-hydrogen) atoms. The fourth-order valence-corrected chi connectivity index (χ4v) is 1.45. The van der Waals surface area contributed by atoms with Crippen LogP contribution in [0.25, 0.3) is 0 Å². The molecular formula is C13H20N2O. The third-order valence-electron chi connectivity index (χ3n) is 2.80. The van der Waals surface area contributed by atoms with Gasteiger partial charge >= 0.3 is 0 Å². The third kappa shape index (κ3) is 3.26. The van der Waals surface area contributed by atoms with E-state index in [1.165, 1.54) is 0 Å². The molecule has 0 aliphatic rings. The molecule has 0 heterocycles. The summed E-state index contributed by atoms with van der Waals surface area (Å²) < 4.78 is 0. The van der Waals surface area contributed by atoms with Crippen molar-refractivity contribution in [3.05, 3.63) is 29.3 Å². The second-order valence-corrected chi connectivity index (χ2v) is 4.30. The van der Waals surface area contributed by atoms with Crippen molar-refractivity contribution >= 4 is 11.6 Å². The molecule has 0 bridgehead atoms. The molecule has 1 unspecified atom stereocenters. The van der Waals surface area contributed by atoms with Crippen LogP contribution in [-0.4, -0.2) is 12.5 Å². The van der Waals surface area contributed by atoms with E-state index in [0.717, 1.165) is 18.5 Å². The Bertz CT molecular complexity index is 374. The zero-order valence-corrected chi connectivity index (χ0v) is 10.2. The molecule has 3 heteroatoms. The highest BCUT2D eigenvalue weighted by Crippen LogP contribution is 2.12. The van der Waals surface area contributed by atoms with E-state index in [9.17, 15) is 4.79 Å². The van der Waals surface area contributed by atoms with Crippen molar-refractivity contribution in [3.63, 3.8) is 0 Å². The lowest BCUT2D eigenvalue weighted by Gasteiger charge is -2.11. The predicted molar refractivity (Wildman–Crippen MR) is 67.4 cm³/mol. The van der Waals surface area contributed by atoms with Gasteiger partial charge in [0.05, 0.1) is 0 Å². The lowest BCUT2D eigenvalue weighted by molar-refractivity contribution is 0.0947. The maximum Gasteiger partial charge on any atom is 0.251 e. The van der Waals surface area contributed by atoms with Crippen LogP contribution in [0.4, 0.5) is 5.69 Å².